The van der Waals surface area contributed by atoms with E-state index in [2.05, 4.69) is 37.4 Å². The Bertz CT molecular complexity index is 693. The zero-order chi connectivity index (χ0) is 17.5. The summed E-state index contributed by atoms with van der Waals surface area (Å²) < 4.78 is 0. The molecule has 2 N–H and O–H groups in total. The molecule has 1 aliphatic heterocycles. The number of carbonyl (C=O) groups is 1. The summed E-state index contributed by atoms with van der Waals surface area (Å²) >= 11 is 0. The minimum absolute atomic E-state index is 0.0934. The summed E-state index contributed by atoms with van der Waals surface area (Å²) in [4.78, 5) is 27.2. The fourth-order valence-electron chi connectivity index (χ4n) is 3.00. The number of rotatable bonds is 6. The lowest BCUT2D eigenvalue weighted by Gasteiger charge is -2.34. The number of anilines is 2. The summed E-state index contributed by atoms with van der Waals surface area (Å²) in [5.74, 6) is 1.35. The molecule has 0 aromatic carbocycles. The molecule has 1 atom stereocenters. The Balaban J connectivity index is 1.52. The van der Waals surface area contributed by atoms with Crippen molar-refractivity contribution >= 4 is 17.7 Å². The Labute approximate surface area is 147 Å². The van der Waals surface area contributed by atoms with E-state index < -0.39 is 0 Å². The Morgan fingerprint density at radius 2 is 2.04 bits per heavy atom. The van der Waals surface area contributed by atoms with Crippen molar-refractivity contribution in [3.05, 3.63) is 42.4 Å². The predicted molar refractivity (Wildman–Crippen MR) is 97.8 cm³/mol. The van der Waals surface area contributed by atoms with Crippen molar-refractivity contribution < 1.29 is 4.79 Å². The number of nitrogens with one attached hydrogen (secondary N) is 2. The van der Waals surface area contributed by atoms with E-state index in [0.717, 1.165) is 12.4 Å². The van der Waals surface area contributed by atoms with Crippen molar-refractivity contribution in [3.8, 4) is 0 Å². The maximum Gasteiger partial charge on any atom is 0.251 e. The van der Waals surface area contributed by atoms with Crippen LogP contribution in [0.15, 0.2) is 36.8 Å². The van der Waals surface area contributed by atoms with E-state index in [1.165, 1.54) is 19.3 Å². The summed E-state index contributed by atoms with van der Waals surface area (Å²) in [7, 11) is 0. The molecular weight excluding hydrogens is 316 g/mol. The summed E-state index contributed by atoms with van der Waals surface area (Å²) in [5.41, 5.74) is 0.638. The second kappa shape index (κ2) is 8.41. The third kappa shape index (κ3) is 4.65. The third-order valence-electron chi connectivity index (χ3n) is 4.36. The van der Waals surface area contributed by atoms with Gasteiger partial charge < -0.3 is 15.5 Å². The molecule has 3 rings (SSSR count). The molecule has 2 aromatic rings. The number of nitrogens with zero attached hydrogens (tertiary/aromatic N) is 4. The van der Waals surface area contributed by atoms with Gasteiger partial charge in [-0.2, -0.15) is 0 Å². The van der Waals surface area contributed by atoms with Gasteiger partial charge in [0.15, 0.2) is 0 Å². The van der Waals surface area contributed by atoms with Crippen LogP contribution in [0.4, 0.5) is 11.8 Å². The lowest BCUT2D eigenvalue weighted by Crippen LogP contribution is -2.38. The minimum atomic E-state index is -0.0934. The molecule has 7 heteroatoms. The van der Waals surface area contributed by atoms with E-state index in [4.69, 9.17) is 0 Å². The van der Waals surface area contributed by atoms with Crippen LogP contribution in [0.1, 0.15) is 36.5 Å². The molecular formula is C18H24N6O. The van der Waals surface area contributed by atoms with E-state index in [-0.39, 0.29) is 5.91 Å². The van der Waals surface area contributed by atoms with Gasteiger partial charge in [0.25, 0.3) is 5.91 Å². The smallest absolute Gasteiger partial charge is 0.251 e. The molecule has 0 radical (unpaired) electrons. The van der Waals surface area contributed by atoms with Gasteiger partial charge in [0.1, 0.15) is 5.82 Å². The predicted octanol–water partition coefficient (Wildman–Crippen LogP) is 2.09. The quantitative estimate of drug-likeness (QED) is 0.784. The van der Waals surface area contributed by atoms with Crippen LogP contribution in [0.3, 0.4) is 0 Å². The zero-order valence-electron chi connectivity index (χ0n) is 14.5. The fraction of sp³-hybridized carbons (Fsp3) is 0.444. The fourth-order valence-corrected chi connectivity index (χ4v) is 3.00. The minimum Gasteiger partial charge on any atom is -0.354 e. The van der Waals surface area contributed by atoms with Gasteiger partial charge in [-0.05, 0) is 44.4 Å². The van der Waals surface area contributed by atoms with Crippen LogP contribution in [-0.2, 0) is 0 Å². The molecule has 7 nitrogen and oxygen atoms in total. The number of piperidine rings is 1. The molecule has 3 heterocycles. The summed E-state index contributed by atoms with van der Waals surface area (Å²) in [6.45, 7) is 4.27. The van der Waals surface area contributed by atoms with Crippen molar-refractivity contribution in [3.63, 3.8) is 0 Å². The second-order valence-electron chi connectivity index (χ2n) is 6.20. The van der Waals surface area contributed by atoms with Crippen molar-refractivity contribution in [2.24, 2.45) is 0 Å². The van der Waals surface area contributed by atoms with E-state index >= 15 is 0 Å². The Kier molecular flexibility index (Phi) is 5.77. The van der Waals surface area contributed by atoms with Crippen molar-refractivity contribution in [1.82, 2.24) is 20.3 Å². The average Bonchev–Trinajstić information content (AvgIpc) is 2.66. The molecule has 25 heavy (non-hydrogen) atoms. The van der Waals surface area contributed by atoms with Crippen molar-refractivity contribution in [2.75, 3.05) is 29.9 Å². The first-order chi connectivity index (χ1) is 12.2. The summed E-state index contributed by atoms with van der Waals surface area (Å²) in [5, 5.41) is 5.97. The van der Waals surface area contributed by atoms with Crippen LogP contribution in [0.25, 0.3) is 0 Å². The van der Waals surface area contributed by atoms with Crippen LogP contribution >= 0.6 is 0 Å². The molecule has 1 fully saturated rings. The van der Waals surface area contributed by atoms with Crippen LogP contribution in [0.2, 0.25) is 0 Å². The molecule has 1 aliphatic rings. The highest BCUT2D eigenvalue weighted by atomic mass is 16.1. The van der Waals surface area contributed by atoms with E-state index in [1.807, 2.05) is 6.07 Å². The van der Waals surface area contributed by atoms with Crippen molar-refractivity contribution in [2.45, 2.75) is 32.2 Å². The number of aromatic nitrogens is 3. The molecule has 2 aromatic heterocycles. The standard InChI is InChI=1S/C18H24N6O/c1-14-5-2-3-12-24(14)16-13-15(6-9-19-16)17(25)20-10-11-23-18-21-7-4-8-22-18/h4,6-9,13-14H,2-3,5,10-12H2,1H3,(H,20,25)(H,21,22,23)/t14-/m1/s1. The zero-order valence-corrected chi connectivity index (χ0v) is 14.5. The molecule has 1 saturated heterocycles. The maximum absolute atomic E-state index is 12.4. The highest BCUT2D eigenvalue weighted by Crippen LogP contribution is 2.23. The first-order valence-corrected chi connectivity index (χ1v) is 8.76. The maximum atomic E-state index is 12.4. The van der Waals surface area contributed by atoms with Crippen LogP contribution in [-0.4, -0.2) is 46.5 Å². The average molecular weight is 340 g/mol. The number of hydrogen-bond acceptors (Lipinski definition) is 6. The van der Waals surface area contributed by atoms with E-state index in [0.29, 0.717) is 30.6 Å². The lowest BCUT2D eigenvalue weighted by molar-refractivity contribution is 0.0955. The van der Waals surface area contributed by atoms with Gasteiger partial charge in [-0.25, -0.2) is 15.0 Å². The second-order valence-corrected chi connectivity index (χ2v) is 6.20. The highest BCUT2D eigenvalue weighted by molar-refractivity contribution is 5.94. The van der Waals surface area contributed by atoms with E-state index in [1.54, 1.807) is 30.7 Å². The van der Waals surface area contributed by atoms with Gasteiger partial charge in [-0.15, -0.1) is 0 Å². The van der Waals surface area contributed by atoms with Crippen LogP contribution in [0.5, 0.6) is 0 Å². The Morgan fingerprint density at radius 1 is 1.20 bits per heavy atom. The molecule has 0 spiro atoms. The third-order valence-corrected chi connectivity index (χ3v) is 4.36. The van der Waals surface area contributed by atoms with E-state index in [9.17, 15) is 4.79 Å². The highest BCUT2D eigenvalue weighted by Gasteiger charge is 2.20. The number of carbonyl (C=O) groups excluding carboxylic acids is 1. The van der Waals surface area contributed by atoms with Crippen LogP contribution < -0.4 is 15.5 Å². The number of pyridine rings is 1. The molecule has 0 saturated carbocycles. The van der Waals surface area contributed by atoms with Gasteiger partial charge in [0, 0.05) is 49.8 Å². The van der Waals surface area contributed by atoms with Crippen molar-refractivity contribution in [1.29, 1.82) is 0 Å². The largest absolute Gasteiger partial charge is 0.354 e. The first kappa shape index (κ1) is 17.1. The normalized spacial score (nSPS) is 17.2. The molecule has 0 bridgehead atoms. The molecule has 132 valence electrons. The van der Waals surface area contributed by atoms with Gasteiger partial charge in [-0.1, -0.05) is 0 Å². The summed E-state index contributed by atoms with van der Waals surface area (Å²) in [6, 6.07) is 5.86. The molecule has 1 amide bonds. The SMILES string of the molecule is C[C@@H]1CCCCN1c1cc(C(=O)NCCNc2ncccn2)ccn1. The Morgan fingerprint density at radius 3 is 2.84 bits per heavy atom. The molecule has 0 unspecified atom stereocenters. The number of hydrogen-bond donors (Lipinski definition) is 2. The van der Waals surface area contributed by atoms with Gasteiger partial charge in [-0.3, -0.25) is 4.79 Å². The summed E-state index contributed by atoms with van der Waals surface area (Å²) in [6.07, 6.45) is 8.67. The topological polar surface area (TPSA) is 83.0 Å². The lowest BCUT2D eigenvalue weighted by atomic mass is 10.0. The van der Waals surface area contributed by atoms with Crippen LogP contribution in [0, 0.1) is 0 Å². The van der Waals surface area contributed by atoms with Gasteiger partial charge in [0.05, 0.1) is 0 Å². The Hall–Kier alpha value is -2.70. The van der Waals surface area contributed by atoms with Gasteiger partial charge in [0.2, 0.25) is 5.95 Å². The monoisotopic (exact) mass is 340 g/mol. The number of amides is 1. The molecule has 0 aliphatic carbocycles. The first-order valence-electron chi connectivity index (χ1n) is 8.76. The van der Waals surface area contributed by atoms with Gasteiger partial charge >= 0.3 is 0 Å².